The summed E-state index contributed by atoms with van der Waals surface area (Å²) in [6.45, 7) is 5.70. The second kappa shape index (κ2) is 4.99. The molecule has 1 heterocycles. The third-order valence-corrected chi connectivity index (χ3v) is 3.83. The van der Waals surface area contributed by atoms with Gasteiger partial charge in [0.15, 0.2) is 11.5 Å². The standard InChI is InChI=1S/C12H15NO4S/c1-9(2)7-18(14,15)13-6-10-3-4-11-12(5-10)17-8-16-11/h3-5,13H,1,6-8H2,2H3. The molecular formula is C12H15NO4S. The van der Waals surface area contributed by atoms with Gasteiger partial charge in [-0.2, -0.15) is 0 Å². The minimum atomic E-state index is -3.31. The summed E-state index contributed by atoms with van der Waals surface area (Å²) in [4.78, 5) is 0. The molecule has 0 atom stereocenters. The number of hydrogen-bond acceptors (Lipinski definition) is 4. The number of rotatable bonds is 5. The molecule has 0 aromatic heterocycles. The molecule has 0 saturated carbocycles. The fourth-order valence-electron chi connectivity index (χ4n) is 1.62. The fraction of sp³-hybridized carbons (Fsp3) is 0.333. The highest BCUT2D eigenvalue weighted by Crippen LogP contribution is 2.32. The van der Waals surface area contributed by atoms with Crippen molar-refractivity contribution in [3.8, 4) is 11.5 Å². The van der Waals surface area contributed by atoms with Gasteiger partial charge in [0.1, 0.15) is 0 Å². The summed E-state index contributed by atoms with van der Waals surface area (Å²) in [7, 11) is -3.31. The Kier molecular flexibility index (Phi) is 3.58. The summed E-state index contributed by atoms with van der Waals surface area (Å²) in [6.07, 6.45) is 0. The maximum Gasteiger partial charge on any atom is 0.231 e. The van der Waals surface area contributed by atoms with Gasteiger partial charge in [-0.3, -0.25) is 0 Å². The Morgan fingerprint density at radius 1 is 1.39 bits per heavy atom. The summed E-state index contributed by atoms with van der Waals surface area (Å²) in [5, 5.41) is 0. The van der Waals surface area contributed by atoms with Gasteiger partial charge in [0.25, 0.3) is 0 Å². The zero-order valence-electron chi connectivity index (χ0n) is 10.1. The monoisotopic (exact) mass is 269 g/mol. The van der Waals surface area contributed by atoms with Crippen LogP contribution in [-0.4, -0.2) is 21.0 Å². The van der Waals surface area contributed by atoms with E-state index in [1.165, 1.54) is 0 Å². The van der Waals surface area contributed by atoms with Gasteiger partial charge in [-0.15, -0.1) is 0 Å². The molecule has 1 aliphatic rings. The van der Waals surface area contributed by atoms with Gasteiger partial charge in [-0.25, -0.2) is 13.1 Å². The number of hydrogen-bond donors (Lipinski definition) is 1. The lowest BCUT2D eigenvalue weighted by atomic mass is 10.2. The van der Waals surface area contributed by atoms with Crippen LogP contribution in [0.25, 0.3) is 0 Å². The molecular weight excluding hydrogens is 254 g/mol. The van der Waals surface area contributed by atoms with Crippen molar-refractivity contribution >= 4 is 10.0 Å². The minimum absolute atomic E-state index is 0.0580. The molecule has 0 amide bonds. The molecule has 0 aliphatic carbocycles. The van der Waals surface area contributed by atoms with Gasteiger partial charge >= 0.3 is 0 Å². The van der Waals surface area contributed by atoms with Gasteiger partial charge in [0.05, 0.1) is 5.75 Å². The topological polar surface area (TPSA) is 64.6 Å². The average Bonchev–Trinajstić information content (AvgIpc) is 2.71. The van der Waals surface area contributed by atoms with Crippen LogP contribution in [0.1, 0.15) is 12.5 Å². The van der Waals surface area contributed by atoms with Gasteiger partial charge in [-0.05, 0) is 24.6 Å². The SMILES string of the molecule is C=C(C)CS(=O)(=O)NCc1ccc2c(c1)OCO2. The van der Waals surface area contributed by atoms with Crippen molar-refractivity contribution in [3.05, 3.63) is 35.9 Å². The second-order valence-corrected chi connectivity index (χ2v) is 6.03. The van der Waals surface area contributed by atoms with E-state index in [-0.39, 0.29) is 19.1 Å². The predicted molar refractivity (Wildman–Crippen MR) is 68.0 cm³/mol. The first-order chi connectivity index (χ1) is 8.46. The fourth-order valence-corrected chi connectivity index (χ4v) is 2.76. The Bertz CT molecular complexity index is 565. The zero-order valence-corrected chi connectivity index (χ0v) is 10.9. The van der Waals surface area contributed by atoms with Gasteiger partial charge in [0.2, 0.25) is 16.8 Å². The largest absolute Gasteiger partial charge is 0.454 e. The number of fused-ring (bicyclic) bond motifs is 1. The van der Waals surface area contributed by atoms with Crippen molar-refractivity contribution in [2.24, 2.45) is 0 Å². The smallest absolute Gasteiger partial charge is 0.231 e. The molecule has 1 N–H and O–H groups in total. The Morgan fingerprint density at radius 3 is 2.83 bits per heavy atom. The molecule has 6 heteroatoms. The number of benzene rings is 1. The Labute approximate surface area is 106 Å². The minimum Gasteiger partial charge on any atom is -0.454 e. The van der Waals surface area contributed by atoms with Crippen LogP contribution >= 0.6 is 0 Å². The third-order valence-electron chi connectivity index (χ3n) is 2.37. The lowest BCUT2D eigenvalue weighted by molar-refractivity contribution is 0.174. The number of nitrogens with one attached hydrogen (secondary N) is 1. The molecule has 0 fully saturated rings. The van der Waals surface area contributed by atoms with Crippen LogP contribution in [0.2, 0.25) is 0 Å². The van der Waals surface area contributed by atoms with Gasteiger partial charge < -0.3 is 9.47 Å². The third kappa shape index (κ3) is 3.24. The molecule has 18 heavy (non-hydrogen) atoms. The second-order valence-electron chi connectivity index (χ2n) is 4.22. The molecule has 0 radical (unpaired) electrons. The predicted octanol–water partition coefficient (Wildman–Crippen LogP) is 1.41. The zero-order chi connectivity index (χ0) is 13.2. The Hall–Kier alpha value is -1.53. The highest BCUT2D eigenvalue weighted by atomic mass is 32.2. The van der Waals surface area contributed by atoms with E-state index >= 15 is 0 Å². The van der Waals surface area contributed by atoms with E-state index in [0.29, 0.717) is 17.1 Å². The molecule has 0 spiro atoms. The van der Waals surface area contributed by atoms with Gasteiger partial charge in [-0.1, -0.05) is 18.2 Å². The Balaban J connectivity index is 2.00. The van der Waals surface area contributed by atoms with Crippen LogP contribution < -0.4 is 14.2 Å². The van der Waals surface area contributed by atoms with Crippen LogP contribution in [0, 0.1) is 0 Å². The summed E-state index contributed by atoms with van der Waals surface area (Å²) in [5.74, 6) is 1.27. The lowest BCUT2D eigenvalue weighted by Crippen LogP contribution is -2.26. The van der Waals surface area contributed by atoms with E-state index in [9.17, 15) is 8.42 Å². The molecule has 5 nitrogen and oxygen atoms in total. The van der Waals surface area contributed by atoms with Gasteiger partial charge in [0, 0.05) is 6.54 Å². The first kappa shape index (κ1) is 12.9. The average molecular weight is 269 g/mol. The van der Waals surface area contributed by atoms with Crippen molar-refractivity contribution in [2.45, 2.75) is 13.5 Å². The first-order valence-electron chi connectivity index (χ1n) is 5.46. The summed E-state index contributed by atoms with van der Waals surface area (Å²) < 4.78 is 36.2. The maximum atomic E-state index is 11.6. The maximum absolute atomic E-state index is 11.6. The van der Waals surface area contributed by atoms with Crippen molar-refractivity contribution in [3.63, 3.8) is 0 Å². The van der Waals surface area contributed by atoms with E-state index < -0.39 is 10.0 Å². The lowest BCUT2D eigenvalue weighted by Gasteiger charge is -2.07. The molecule has 0 unspecified atom stereocenters. The molecule has 1 aliphatic heterocycles. The quantitative estimate of drug-likeness (QED) is 0.821. The van der Waals surface area contributed by atoms with Crippen LogP contribution in [0.4, 0.5) is 0 Å². The first-order valence-corrected chi connectivity index (χ1v) is 7.12. The molecule has 2 rings (SSSR count). The molecule has 98 valence electrons. The van der Waals surface area contributed by atoms with Crippen molar-refractivity contribution in [1.29, 1.82) is 0 Å². The van der Waals surface area contributed by atoms with Crippen molar-refractivity contribution in [2.75, 3.05) is 12.5 Å². The van der Waals surface area contributed by atoms with E-state index in [1.807, 2.05) is 0 Å². The van der Waals surface area contributed by atoms with Crippen molar-refractivity contribution < 1.29 is 17.9 Å². The van der Waals surface area contributed by atoms with Crippen LogP contribution in [-0.2, 0) is 16.6 Å². The summed E-state index contributed by atoms with van der Waals surface area (Å²) in [5.41, 5.74) is 1.43. The highest BCUT2D eigenvalue weighted by Gasteiger charge is 2.14. The van der Waals surface area contributed by atoms with Crippen LogP contribution in [0.15, 0.2) is 30.4 Å². The highest BCUT2D eigenvalue weighted by molar-refractivity contribution is 7.89. The van der Waals surface area contributed by atoms with E-state index in [4.69, 9.17) is 9.47 Å². The van der Waals surface area contributed by atoms with E-state index in [1.54, 1.807) is 25.1 Å². The molecule has 0 saturated heterocycles. The molecule has 1 aromatic rings. The van der Waals surface area contributed by atoms with Crippen molar-refractivity contribution in [1.82, 2.24) is 4.72 Å². The molecule has 1 aromatic carbocycles. The number of sulfonamides is 1. The van der Waals surface area contributed by atoms with Crippen LogP contribution in [0.3, 0.4) is 0 Å². The number of ether oxygens (including phenoxy) is 2. The molecule has 0 bridgehead atoms. The van der Waals surface area contributed by atoms with E-state index in [0.717, 1.165) is 5.56 Å². The normalized spacial score (nSPS) is 13.6. The van der Waals surface area contributed by atoms with E-state index in [2.05, 4.69) is 11.3 Å². The van der Waals surface area contributed by atoms with Crippen LogP contribution in [0.5, 0.6) is 11.5 Å². The summed E-state index contributed by atoms with van der Waals surface area (Å²) in [6, 6.07) is 5.34. The Morgan fingerprint density at radius 2 is 2.11 bits per heavy atom. The summed E-state index contributed by atoms with van der Waals surface area (Å²) >= 11 is 0.